The van der Waals surface area contributed by atoms with Crippen LogP contribution in [0.25, 0.3) is 33.4 Å². The molecule has 0 bridgehead atoms. The van der Waals surface area contributed by atoms with Crippen molar-refractivity contribution in [3.63, 3.8) is 0 Å². The predicted molar refractivity (Wildman–Crippen MR) is 161 cm³/mol. The van der Waals surface area contributed by atoms with Gasteiger partial charge >= 0.3 is 5.69 Å². The fraction of sp³-hybridized carbons (Fsp3) is 0.258. The number of aromatic nitrogens is 5. The molecule has 0 amide bonds. The maximum atomic E-state index is 13.1. The number of methoxy groups -OCH3 is 1. The normalized spacial score (nSPS) is 12.5. The Kier molecular flexibility index (Phi) is 6.62. The van der Waals surface area contributed by atoms with E-state index in [4.69, 9.17) is 21.3 Å². The number of aryl methyl sites for hydroxylation is 3. The number of pyridine rings is 1. The van der Waals surface area contributed by atoms with Crippen LogP contribution in [-0.2, 0) is 26.9 Å². The quantitative estimate of drug-likeness (QED) is 0.308. The van der Waals surface area contributed by atoms with E-state index in [2.05, 4.69) is 21.4 Å². The lowest BCUT2D eigenvalue weighted by molar-refractivity contribution is 0.394. The third-order valence-electron chi connectivity index (χ3n) is 7.81. The Balaban J connectivity index is 1.46. The molecule has 1 N–H and O–H groups in total. The Morgan fingerprint density at radius 1 is 0.927 bits per heavy atom. The Hall–Kier alpha value is -4.50. The number of halogens is 1. The van der Waals surface area contributed by atoms with E-state index in [1.165, 1.54) is 22.7 Å². The topological polar surface area (TPSA) is 104 Å². The Labute approximate surface area is 241 Å². The SMILES string of the molecule is COc1nc(-c2cccc(-c3cccc(Nc4nc(C)nc5c4c(=O)n(C)c(=O)n5C)c3C)c2Cl)cc2c1CCC2. The maximum absolute atomic E-state index is 13.1. The lowest BCUT2D eigenvalue weighted by Gasteiger charge is -2.17. The molecular weight excluding hydrogens is 540 g/mol. The van der Waals surface area contributed by atoms with Crippen molar-refractivity contribution in [1.29, 1.82) is 0 Å². The van der Waals surface area contributed by atoms with Gasteiger partial charge in [-0.2, -0.15) is 0 Å². The van der Waals surface area contributed by atoms with Crippen molar-refractivity contribution in [1.82, 2.24) is 24.1 Å². The summed E-state index contributed by atoms with van der Waals surface area (Å²) in [5.74, 6) is 1.43. The minimum absolute atomic E-state index is 0.238. The molecule has 0 aliphatic heterocycles. The number of fused-ring (bicyclic) bond motifs is 2. The van der Waals surface area contributed by atoms with Crippen molar-refractivity contribution in [3.8, 4) is 28.3 Å². The van der Waals surface area contributed by atoms with Gasteiger partial charge in [0.2, 0.25) is 5.88 Å². The zero-order valence-corrected chi connectivity index (χ0v) is 24.3. The van der Waals surface area contributed by atoms with E-state index in [-0.39, 0.29) is 11.0 Å². The molecule has 0 spiro atoms. The van der Waals surface area contributed by atoms with Gasteiger partial charge in [0.05, 0.1) is 17.8 Å². The first-order valence-electron chi connectivity index (χ1n) is 13.4. The third kappa shape index (κ3) is 4.37. The second-order valence-electron chi connectivity index (χ2n) is 10.3. The second kappa shape index (κ2) is 10.2. The molecule has 5 aromatic rings. The van der Waals surface area contributed by atoms with Crippen LogP contribution in [0.1, 0.15) is 28.9 Å². The fourth-order valence-corrected chi connectivity index (χ4v) is 5.96. The standard InChI is InChI=1S/C31H29ClN6O3/c1-16-19(21-12-7-13-22(26(21)32)24-15-18-9-6-11-20(18)29(36-24)41-5)10-8-14-23(16)35-27-25-28(34-17(2)33-27)37(3)31(40)38(4)30(25)39/h7-8,10,12-15H,6,9,11H2,1-5H3,(H,33,34,35). The average molecular weight is 569 g/mol. The average Bonchev–Trinajstić information content (AvgIpc) is 3.44. The fourth-order valence-electron chi connectivity index (χ4n) is 5.64. The molecule has 3 heterocycles. The van der Waals surface area contributed by atoms with E-state index in [1.807, 2.05) is 43.3 Å². The zero-order chi connectivity index (χ0) is 29.0. The highest BCUT2D eigenvalue weighted by Crippen LogP contribution is 2.41. The van der Waals surface area contributed by atoms with E-state index in [0.29, 0.717) is 22.5 Å². The number of nitrogens with zero attached hydrogens (tertiary/aromatic N) is 5. The van der Waals surface area contributed by atoms with Crippen LogP contribution in [0.3, 0.4) is 0 Å². The number of nitrogens with one attached hydrogen (secondary N) is 1. The van der Waals surface area contributed by atoms with Gasteiger partial charge in [-0.05, 0) is 61.9 Å². The van der Waals surface area contributed by atoms with Crippen molar-refractivity contribution in [3.05, 3.63) is 90.8 Å². The van der Waals surface area contributed by atoms with E-state index < -0.39 is 11.2 Å². The largest absolute Gasteiger partial charge is 0.481 e. The van der Waals surface area contributed by atoms with Crippen LogP contribution < -0.4 is 21.3 Å². The molecule has 0 radical (unpaired) electrons. The molecule has 0 fully saturated rings. The van der Waals surface area contributed by atoms with E-state index in [0.717, 1.165) is 57.5 Å². The van der Waals surface area contributed by atoms with E-state index in [9.17, 15) is 9.59 Å². The van der Waals surface area contributed by atoms with Crippen molar-refractivity contribution in [2.24, 2.45) is 14.1 Å². The predicted octanol–water partition coefficient (Wildman–Crippen LogP) is 5.27. The lowest BCUT2D eigenvalue weighted by Crippen LogP contribution is -2.37. The van der Waals surface area contributed by atoms with Crippen molar-refractivity contribution < 1.29 is 4.74 Å². The van der Waals surface area contributed by atoms with Crippen molar-refractivity contribution >= 4 is 34.1 Å². The smallest absolute Gasteiger partial charge is 0.332 e. The highest BCUT2D eigenvalue weighted by atomic mass is 35.5. The van der Waals surface area contributed by atoms with Crippen LogP contribution in [0.2, 0.25) is 5.02 Å². The van der Waals surface area contributed by atoms with Gasteiger partial charge in [0.25, 0.3) is 5.56 Å². The molecular formula is C31H29ClN6O3. The van der Waals surface area contributed by atoms with Crippen LogP contribution in [0, 0.1) is 13.8 Å². The number of hydrogen-bond acceptors (Lipinski definition) is 7. The van der Waals surface area contributed by atoms with Gasteiger partial charge in [0, 0.05) is 36.5 Å². The number of hydrogen-bond donors (Lipinski definition) is 1. The van der Waals surface area contributed by atoms with Crippen LogP contribution in [-0.4, -0.2) is 31.2 Å². The Morgan fingerprint density at radius 3 is 2.44 bits per heavy atom. The molecule has 3 aromatic heterocycles. The lowest BCUT2D eigenvalue weighted by atomic mass is 9.96. The first-order chi connectivity index (χ1) is 19.7. The molecule has 208 valence electrons. The molecule has 0 saturated heterocycles. The highest BCUT2D eigenvalue weighted by molar-refractivity contribution is 6.36. The van der Waals surface area contributed by atoms with Gasteiger partial charge in [-0.25, -0.2) is 19.7 Å². The summed E-state index contributed by atoms with van der Waals surface area (Å²) >= 11 is 7.08. The number of anilines is 2. The van der Waals surface area contributed by atoms with Crippen LogP contribution in [0.4, 0.5) is 11.5 Å². The monoisotopic (exact) mass is 568 g/mol. The van der Waals surface area contributed by atoms with Crippen LogP contribution in [0.5, 0.6) is 5.88 Å². The number of ether oxygens (including phenoxy) is 1. The molecule has 0 unspecified atom stereocenters. The number of rotatable bonds is 5. The molecule has 9 nitrogen and oxygen atoms in total. The van der Waals surface area contributed by atoms with Crippen LogP contribution >= 0.6 is 11.6 Å². The Bertz CT molecular complexity index is 2000. The third-order valence-corrected chi connectivity index (χ3v) is 8.22. The summed E-state index contributed by atoms with van der Waals surface area (Å²) in [6.45, 7) is 3.71. The van der Waals surface area contributed by atoms with Gasteiger partial charge < -0.3 is 10.1 Å². The second-order valence-corrected chi connectivity index (χ2v) is 10.7. The first kappa shape index (κ1) is 26.7. The molecule has 41 heavy (non-hydrogen) atoms. The summed E-state index contributed by atoms with van der Waals surface area (Å²) in [5.41, 5.74) is 6.85. The summed E-state index contributed by atoms with van der Waals surface area (Å²) in [5, 5.41) is 4.17. The van der Waals surface area contributed by atoms with Crippen molar-refractivity contribution in [2.45, 2.75) is 33.1 Å². The molecule has 0 saturated carbocycles. The minimum atomic E-state index is -0.465. The molecule has 0 atom stereocenters. The van der Waals surface area contributed by atoms with Gasteiger partial charge in [0.1, 0.15) is 17.0 Å². The molecule has 10 heteroatoms. The summed E-state index contributed by atoms with van der Waals surface area (Å²) < 4.78 is 8.03. The maximum Gasteiger partial charge on any atom is 0.332 e. The van der Waals surface area contributed by atoms with Gasteiger partial charge in [0.15, 0.2) is 5.65 Å². The first-order valence-corrected chi connectivity index (χ1v) is 13.7. The minimum Gasteiger partial charge on any atom is -0.481 e. The zero-order valence-electron chi connectivity index (χ0n) is 23.5. The molecule has 6 rings (SSSR count). The highest BCUT2D eigenvalue weighted by Gasteiger charge is 2.22. The summed E-state index contributed by atoms with van der Waals surface area (Å²) in [6.07, 6.45) is 3.06. The molecule has 1 aliphatic carbocycles. The van der Waals surface area contributed by atoms with Gasteiger partial charge in [-0.15, -0.1) is 0 Å². The number of benzene rings is 2. The van der Waals surface area contributed by atoms with E-state index in [1.54, 1.807) is 21.1 Å². The molecule has 2 aromatic carbocycles. The summed E-state index contributed by atoms with van der Waals surface area (Å²) in [4.78, 5) is 39.4. The Morgan fingerprint density at radius 2 is 1.66 bits per heavy atom. The van der Waals surface area contributed by atoms with E-state index >= 15 is 0 Å². The van der Waals surface area contributed by atoms with Crippen LogP contribution in [0.15, 0.2) is 52.1 Å². The van der Waals surface area contributed by atoms with Crippen molar-refractivity contribution in [2.75, 3.05) is 12.4 Å². The van der Waals surface area contributed by atoms with Gasteiger partial charge in [-0.1, -0.05) is 41.9 Å². The molecule has 1 aliphatic rings. The summed E-state index contributed by atoms with van der Waals surface area (Å²) in [6, 6.07) is 13.9. The van der Waals surface area contributed by atoms with Gasteiger partial charge in [-0.3, -0.25) is 13.9 Å². The summed E-state index contributed by atoms with van der Waals surface area (Å²) in [7, 11) is 4.69.